The van der Waals surface area contributed by atoms with Crippen molar-refractivity contribution in [1.29, 1.82) is 0 Å². The molecule has 2 aliphatic rings. The van der Waals surface area contributed by atoms with Crippen LogP contribution in [0.5, 0.6) is 0 Å². The van der Waals surface area contributed by atoms with Crippen LogP contribution in [0.1, 0.15) is 39.4 Å². The predicted molar refractivity (Wildman–Crippen MR) is 110 cm³/mol. The fourth-order valence-electron chi connectivity index (χ4n) is 4.06. The Morgan fingerprint density at radius 2 is 2.00 bits per heavy atom. The largest absolute Gasteiger partial charge is 0.373 e. The minimum Gasteiger partial charge on any atom is -0.373 e. The average Bonchev–Trinajstić information content (AvgIpc) is 3.08. The summed E-state index contributed by atoms with van der Waals surface area (Å²) in [6.07, 6.45) is 4.46. The first-order chi connectivity index (χ1) is 13.3. The molecule has 3 unspecified atom stereocenters. The van der Waals surface area contributed by atoms with Gasteiger partial charge in [-0.25, -0.2) is 0 Å². The zero-order valence-corrected chi connectivity index (χ0v) is 18.2. The van der Waals surface area contributed by atoms with Crippen LogP contribution in [0.25, 0.3) is 0 Å². The lowest BCUT2D eigenvalue weighted by atomic mass is 10.00. The predicted octanol–water partition coefficient (Wildman–Crippen LogP) is 1.26. The summed E-state index contributed by atoms with van der Waals surface area (Å²) in [5.74, 6) is 0.930. The standard InChI is InChI=1S/C20H36N6O2/c1-15-10-26(11-16(2)28-15)20(3,4)14-22-19(21-5)25-7-8-27-18(13-25)17-9-23-24(6)12-17/h9,12,15-16,18H,7-8,10-11,13-14H2,1-6H3,(H,21,22). The highest BCUT2D eigenvalue weighted by Gasteiger charge is 2.34. The Morgan fingerprint density at radius 3 is 2.61 bits per heavy atom. The number of guanidine groups is 1. The number of morpholine rings is 2. The van der Waals surface area contributed by atoms with Gasteiger partial charge in [-0.15, -0.1) is 0 Å². The van der Waals surface area contributed by atoms with E-state index in [1.54, 1.807) is 0 Å². The first kappa shape index (κ1) is 21.1. The number of nitrogens with one attached hydrogen (secondary N) is 1. The van der Waals surface area contributed by atoms with Gasteiger partial charge >= 0.3 is 0 Å². The summed E-state index contributed by atoms with van der Waals surface area (Å²) >= 11 is 0. The molecule has 0 bridgehead atoms. The summed E-state index contributed by atoms with van der Waals surface area (Å²) in [6, 6.07) is 0. The van der Waals surface area contributed by atoms with E-state index in [4.69, 9.17) is 9.47 Å². The van der Waals surface area contributed by atoms with Gasteiger partial charge in [0.05, 0.1) is 31.6 Å². The highest BCUT2D eigenvalue weighted by molar-refractivity contribution is 5.80. The van der Waals surface area contributed by atoms with Crippen LogP contribution in [0.3, 0.4) is 0 Å². The Kier molecular flexibility index (Phi) is 6.62. The number of aliphatic imine (C=N–C) groups is 1. The van der Waals surface area contributed by atoms with Crippen molar-refractivity contribution in [3.63, 3.8) is 0 Å². The molecule has 0 radical (unpaired) electrons. The van der Waals surface area contributed by atoms with E-state index in [2.05, 4.69) is 52.9 Å². The summed E-state index contributed by atoms with van der Waals surface area (Å²) in [4.78, 5) is 9.33. The molecule has 3 heterocycles. The lowest BCUT2D eigenvalue weighted by molar-refractivity contribution is -0.0947. The van der Waals surface area contributed by atoms with Crippen LogP contribution >= 0.6 is 0 Å². The fourth-order valence-corrected chi connectivity index (χ4v) is 4.06. The van der Waals surface area contributed by atoms with Crippen molar-refractivity contribution in [3.8, 4) is 0 Å². The zero-order valence-electron chi connectivity index (χ0n) is 18.2. The van der Waals surface area contributed by atoms with E-state index in [-0.39, 0.29) is 23.9 Å². The van der Waals surface area contributed by atoms with Gasteiger partial charge in [0.2, 0.25) is 0 Å². The SMILES string of the molecule is CN=C(NCC(C)(C)N1CC(C)OC(C)C1)N1CCOC(c2cnn(C)c2)C1. The van der Waals surface area contributed by atoms with Crippen LogP contribution in [0.4, 0.5) is 0 Å². The van der Waals surface area contributed by atoms with Crippen molar-refractivity contribution in [1.82, 2.24) is 24.9 Å². The molecule has 0 saturated carbocycles. The Labute approximate surface area is 168 Å². The molecule has 0 spiro atoms. The third-order valence-corrected chi connectivity index (χ3v) is 5.63. The van der Waals surface area contributed by atoms with Crippen molar-refractivity contribution in [2.45, 2.75) is 51.5 Å². The summed E-state index contributed by atoms with van der Waals surface area (Å²) in [5.41, 5.74) is 1.12. The quantitative estimate of drug-likeness (QED) is 0.615. The number of hydrogen-bond donors (Lipinski definition) is 1. The van der Waals surface area contributed by atoms with Crippen molar-refractivity contribution >= 4 is 5.96 Å². The van der Waals surface area contributed by atoms with Gasteiger partial charge in [-0.1, -0.05) is 0 Å². The van der Waals surface area contributed by atoms with Crippen molar-refractivity contribution < 1.29 is 9.47 Å². The molecule has 0 aliphatic carbocycles. The van der Waals surface area contributed by atoms with Crippen molar-refractivity contribution in [2.24, 2.45) is 12.0 Å². The third kappa shape index (κ3) is 5.04. The van der Waals surface area contributed by atoms with Crippen molar-refractivity contribution in [2.75, 3.05) is 46.4 Å². The number of rotatable bonds is 4. The molecule has 0 aromatic carbocycles. The molecule has 8 heteroatoms. The molecule has 2 fully saturated rings. The first-order valence-corrected chi connectivity index (χ1v) is 10.2. The van der Waals surface area contributed by atoms with E-state index < -0.39 is 0 Å². The Hall–Kier alpha value is -1.64. The summed E-state index contributed by atoms with van der Waals surface area (Å²) < 4.78 is 13.7. The molecule has 28 heavy (non-hydrogen) atoms. The Balaban J connectivity index is 1.59. The van der Waals surface area contributed by atoms with Crippen LogP contribution in [-0.4, -0.2) is 89.7 Å². The molecule has 1 aromatic heterocycles. The Bertz CT molecular complexity index is 663. The van der Waals surface area contributed by atoms with Crippen LogP contribution in [0.2, 0.25) is 0 Å². The summed E-state index contributed by atoms with van der Waals surface area (Å²) in [6.45, 7) is 13.9. The number of ether oxygens (including phenoxy) is 2. The maximum absolute atomic E-state index is 5.97. The maximum Gasteiger partial charge on any atom is 0.193 e. The summed E-state index contributed by atoms with van der Waals surface area (Å²) in [7, 11) is 3.78. The smallest absolute Gasteiger partial charge is 0.193 e. The molecule has 158 valence electrons. The van der Waals surface area contributed by atoms with Crippen LogP contribution in [0.15, 0.2) is 17.4 Å². The molecule has 3 rings (SSSR count). The topological polar surface area (TPSA) is 67.2 Å². The van der Waals surface area contributed by atoms with Gasteiger partial charge in [0, 0.05) is 57.6 Å². The maximum atomic E-state index is 5.97. The third-order valence-electron chi connectivity index (χ3n) is 5.63. The second kappa shape index (κ2) is 8.80. The molecular formula is C20H36N6O2. The van der Waals surface area contributed by atoms with E-state index in [1.807, 2.05) is 31.2 Å². The molecule has 1 aromatic rings. The molecule has 8 nitrogen and oxygen atoms in total. The normalized spacial score (nSPS) is 27.9. The average molecular weight is 393 g/mol. The van der Waals surface area contributed by atoms with Crippen molar-refractivity contribution in [3.05, 3.63) is 18.0 Å². The van der Waals surface area contributed by atoms with Gasteiger partial charge < -0.3 is 19.7 Å². The lowest BCUT2D eigenvalue weighted by Crippen LogP contribution is -2.60. The highest BCUT2D eigenvalue weighted by Crippen LogP contribution is 2.23. The molecule has 3 atom stereocenters. The van der Waals surface area contributed by atoms with E-state index in [0.717, 1.165) is 44.2 Å². The van der Waals surface area contributed by atoms with E-state index >= 15 is 0 Å². The molecule has 2 saturated heterocycles. The van der Waals surface area contributed by atoms with Gasteiger partial charge in [0.1, 0.15) is 6.10 Å². The van der Waals surface area contributed by atoms with E-state index in [1.165, 1.54) is 0 Å². The van der Waals surface area contributed by atoms with Gasteiger partial charge in [-0.05, 0) is 27.7 Å². The van der Waals surface area contributed by atoms with Crippen LogP contribution in [0, 0.1) is 0 Å². The minimum absolute atomic E-state index is 0.0112. The van der Waals surface area contributed by atoms with Crippen LogP contribution in [-0.2, 0) is 16.5 Å². The first-order valence-electron chi connectivity index (χ1n) is 10.2. The number of hydrogen-bond acceptors (Lipinski definition) is 5. The highest BCUT2D eigenvalue weighted by atomic mass is 16.5. The molecule has 2 aliphatic heterocycles. The van der Waals surface area contributed by atoms with Crippen LogP contribution < -0.4 is 5.32 Å². The van der Waals surface area contributed by atoms with Gasteiger partial charge in [0.15, 0.2) is 5.96 Å². The second-order valence-corrected chi connectivity index (χ2v) is 8.63. The fraction of sp³-hybridized carbons (Fsp3) is 0.800. The summed E-state index contributed by atoms with van der Waals surface area (Å²) in [5, 5.41) is 7.87. The van der Waals surface area contributed by atoms with Gasteiger partial charge in [-0.2, -0.15) is 5.10 Å². The Morgan fingerprint density at radius 1 is 1.29 bits per heavy atom. The molecule has 0 amide bonds. The second-order valence-electron chi connectivity index (χ2n) is 8.63. The number of nitrogens with zero attached hydrogens (tertiary/aromatic N) is 5. The monoisotopic (exact) mass is 392 g/mol. The van der Waals surface area contributed by atoms with Gasteiger partial charge in [0.25, 0.3) is 0 Å². The lowest BCUT2D eigenvalue weighted by Gasteiger charge is -2.45. The van der Waals surface area contributed by atoms with E-state index in [0.29, 0.717) is 6.61 Å². The van der Waals surface area contributed by atoms with Gasteiger partial charge in [-0.3, -0.25) is 14.6 Å². The zero-order chi connectivity index (χ0) is 20.3. The van der Waals surface area contributed by atoms with E-state index in [9.17, 15) is 0 Å². The number of aromatic nitrogens is 2. The minimum atomic E-state index is 0.0112. The number of aryl methyl sites for hydroxylation is 1. The molecule has 1 N–H and O–H groups in total. The molecular weight excluding hydrogens is 356 g/mol.